The molecule has 134 valence electrons. The lowest BCUT2D eigenvalue weighted by Crippen LogP contribution is -2.07. The number of furan rings is 1. The molecule has 28 heavy (non-hydrogen) atoms. The van der Waals surface area contributed by atoms with Crippen LogP contribution in [0.2, 0.25) is 0 Å². The van der Waals surface area contributed by atoms with Crippen molar-refractivity contribution >= 4 is 46.5 Å². The van der Waals surface area contributed by atoms with E-state index in [0.29, 0.717) is 0 Å². The van der Waals surface area contributed by atoms with Crippen LogP contribution < -0.4 is 15.8 Å². The van der Waals surface area contributed by atoms with Crippen LogP contribution in [0.25, 0.3) is 35.1 Å². The van der Waals surface area contributed by atoms with Crippen molar-refractivity contribution in [3.63, 3.8) is 0 Å². The summed E-state index contributed by atoms with van der Waals surface area (Å²) < 4.78 is 6.00. The van der Waals surface area contributed by atoms with Gasteiger partial charge in [-0.15, -0.1) is 0 Å². The van der Waals surface area contributed by atoms with E-state index < -0.39 is 0 Å². The lowest BCUT2D eigenvalue weighted by Gasteiger charge is -2.07. The Morgan fingerprint density at radius 1 is 0.571 bits per heavy atom. The predicted octanol–water partition coefficient (Wildman–Crippen LogP) is 5.44. The van der Waals surface area contributed by atoms with E-state index in [9.17, 15) is 0 Å². The van der Waals surface area contributed by atoms with E-state index in [2.05, 4.69) is 48.8 Å². The molecule has 5 rings (SSSR count). The maximum absolute atomic E-state index is 6.00. The number of nitrogens with one attached hydrogen (secondary N) is 1. The van der Waals surface area contributed by atoms with Crippen LogP contribution in [0.1, 0.15) is 0 Å². The smallest absolute Gasteiger partial charge is 0.137 e. The molecule has 0 saturated heterocycles. The van der Waals surface area contributed by atoms with E-state index in [1.54, 1.807) is 0 Å². The third-order valence-corrected chi connectivity index (χ3v) is 5.08. The topological polar surface area (TPSA) is 25.2 Å². The first-order chi connectivity index (χ1) is 13.7. The molecule has 0 aliphatic heterocycles. The summed E-state index contributed by atoms with van der Waals surface area (Å²) in [6.45, 7) is 8.33. The minimum atomic E-state index is 0.878. The third-order valence-electron chi connectivity index (χ3n) is 5.08. The fourth-order valence-electron chi connectivity index (χ4n) is 3.66. The first-order valence-corrected chi connectivity index (χ1v) is 9.25. The van der Waals surface area contributed by atoms with E-state index >= 15 is 0 Å². The molecule has 4 aromatic carbocycles. The Balaban J connectivity index is 1.62. The first-order valence-electron chi connectivity index (χ1n) is 9.25. The van der Waals surface area contributed by atoms with Crippen LogP contribution in [0.4, 0.5) is 11.4 Å². The zero-order chi connectivity index (χ0) is 19.1. The van der Waals surface area contributed by atoms with Crippen LogP contribution in [0.15, 0.2) is 89.3 Å². The van der Waals surface area contributed by atoms with E-state index in [4.69, 9.17) is 4.42 Å². The molecular weight excluding hydrogens is 342 g/mol. The van der Waals surface area contributed by atoms with E-state index in [1.165, 1.54) is 0 Å². The molecule has 0 saturated carbocycles. The van der Waals surface area contributed by atoms with Crippen molar-refractivity contribution in [1.82, 2.24) is 0 Å². The summed E-state index contributed by atoms with van der Waals surface area (Å²) in [5.41, 5.74) is 3.77. The summed E-state index contributed by atoms with van der Waals surface area (Å²) >= 11 is 0. The number of para-hydroxylation sites is 1. The normalized spacial score (nSPS) is 12.4. The maximum Gasteiger partial charge on any atom is 0.137 e. The minimum Gasteiger partial charge on any atom is -0.456 e. The van der Waals surface area contributed by atoms with Crippen molar-refractivity contribution in [1.29, 1.82) is 0 Å². The van der Waals surface area contributed by atoms with Crippen molar-refractivity contribution in [2.45, 2.75) is 0 Å². The lowest BCUT2D eigenvalue weighted by molar-refractivity contribution is 0.669. The average molecular weight is 361 g/mol. The Morgan fingerprint density at radius 3 is 2.14 bits per heavy atom. The highest BCUT2D eigenvalue weighted by Gasteiger charge is 2.07. The van der Waals surface area contributed by atoms with Crippen LogP contribution in [0, 0.1) is 10.4 Å². The zero-order valence-electron chi connectivity index (χ0n) is 15.4. The highest BCUT2D eigenvalue weighted by Crippen LogP contribution is 2.31. The highest BCUT2D eigenvalue weighted by molar-refractivity contribution is 6.05. The van der Waals surface area contributed by atoms with Crippen LogP contribution in [0.5, 0.6) is 0 Å². The predicted molar refractivity (Wildman–Crippen MR) is 118 cm³/mol. The highest BCUT2D eigenvalue weighted by atomic mass is 16.3. The number of hydrogen-bond acceptors (Lipinski definition) is 2. The van der Waals surface area contributed by atoms with E-state index in [-0.39, 0.29) is 0 Å². The van der Waals surface area contributed by atoms with Gasteiger partial charge in [0, 0.05) is 28.2 Å². The third kappa shape index (κ3) is 2.76. The Labute approximate surface area is 162 Å². The molecule has 1 heterocycles. The molecule has 5 aromatic rings. The van der Waals surface area contributed by atoms with Crippen LogP contribution >= 0.6 is 0 Å². The lowest BCUT2D eigenvalue weighted by atomic mass is 10.1. The van der Waals surface area contributed by atoms with E-state index in [1.807, 2.05) is 54.6 Å². The van der Waals surface area contributed by atoms with Gasteiger partial charge in [0.05, 0.1) is 0 Å². The Hall–Kier alpha value is -3.78. The van der Waals surface area contributed by atoms with Crippen molar-refractivity contribution in [3.8, 4) is 0 Å². The second-order valence-electron chi connectivity index (χ2n) is 6.96. The molecule has 2 nitrogen and oxygen atoms in total. The van der Waals surface area contributed by atoms with Crippen LogP contribution in [0.3, 0.4) is 0 Å². The van der Waals surface area contributed by atoms with Gasteiger partial charge in [-0.3, -0.25) is 0 Å². The Kier molecular flexibility index (Phi) is 3.77. The van der Waals surface area contributed by atoms with Gasteiger partial charge in [-0.25, -0.2) is 0 Å². The average Bonchev–Trinajstić information content (AvgIpc) is 3.08. The van der Waals surface area contributed by atoms with Crippen molar-refractivity contribution in [2.75, 3.05) is 5.32 Å². The number of benzene rings is 4. The molecule has 0 amide bonds. The van der Waals surface area contributed by atoms with Gasteiger partial charge < -0.3 is 9.73 Å². The van der Waals surface area contributed by atoms with Gasteiger partial charge in [0.25, 0.3) is 0 Å². The zero-order valence-corrected chi connectivity index (χ0v) is 15.4. The van der Waals surface area contributed by atoms with Gasteiger partial charge in [0.1, 0.15) is 11.2 Å². The van der Waals surface area contributed by atoms with E-state index in [0.717, 1.165) is 54.2 Å². The molecule has 0 aliphatic rings. The van der Waals surface area contributed by atoms with Gasteiger partial charge in [-0.2, -0.15) is 0 Å². The second-order valence-corrected chi connectivity index (χ2v) is 6.96. The first kappa shape index (κ1) is 16.4. The van der Waals surface area contributed by atoms with Crippen LogP contribution in [-0.2, 0) is 0 Å². The molecule has 0 bridgehead atoms. The van der Waals surface area contributed by atoms with Crippen molar-refractivity contribution < 1.29 is 4.42 Å². The molecule has 1 aromatic heterocycles. The summed E-state index contributed by atoms with van der Waals surface area (Å²) in [6, 6.07) is 28.7. The maximum atomic E-state index is 6.00. The fourth-order valence-corrected chi connectivity index (χ4v) is 3.66. The van der Waals surface area contributed by atoms with Gasteiger partial charge in [-0.05, 0) is 51.2 Å². The molecule has 0 unspecified atom stereocenters. The number of anilines is 2. The van der Waals surface area contributed by atoms with Gasteiger partial charge in [-0.1, -0.05) is 61.7 Å². The molecule has 1 N–H and O–H groups in total. The summed E-state index contributed by atoms with van der Waals surface area (Å²) in [6.07, 6.45) is 0. The largest absolute Gasteiger partial charge is 0.456 e. The molecule has 0 atom stereocenters. The molecule has 0 fully saturated rings. The molecule has 2 heteroatoms. The van der Waals surface area contributed by atoms with Gasteiger partial charge >= 0.3 is 0 Å². The molecular formula is C26H19NO. The molecule has 0 spiro atoms. The van der Waals surface area contributed by atoms with Crippen molar-refractivity contribution in [2.24, 2.45) is 0 Å². The summed E-state index contributed by atoms with van der Waals surface area (Å²) in [5, 5.41) is 9.91. The SMILES string of the molecule is C=c1cccc/c1=c1\cc(Nc2ccc3c(c2)oc2ccccc23)ccc1=C. The monoisotopic (exact) mass is 361 g/mol. The Morgan fingerprint density at radius 2 is 1.25 bits per heavy atom. The quantitative estimate of drug-likeness (QED) is 0.453. The summed E-state index contributed by atoms with van der Waals surface area (Å²) in [5.74, 6) is 0. The number of fused-ring (bicyclic) bond motifs is 3. The number of rotatable bonds is 2. The summed E-state index contributed by atoms with van der Waals surface area (Å²) in [4.78, 5) is 0. The van der Waals surface area contributed by atoms with Crippen molar-refractivity contribution in [3.05, 3.63) is 106 Å². The van der Waals surface area contributed by atoms with Crippen LogP contribution in [-0.4, -0.2) is 0 Å². The Bertz CT molecular complexity index is 1530. The standard InChI is InChI=1S/C26H19NO/c1-17-7-3-4-8-21(17)24-15-19(12-11-18(24)2)27-20-13-14-23-22-9-5-6-10-25(22)28-26(23)16-20/h3-16,27H,1-2H2/b24-21-. The fraction of sp³-hybridized carbons (Fsp3) is 0. The second kappa shape index (κ2) is 6.43. The minimum absolute atomic E-state index is 0.878. The molecule has 0 radical (unpaired) electrons. The van der Waals surface area contributed by atoms with Gasteiger partial charge in [0.15, 0.2) is 0 Å². The summed E-state index contributed by atoms with van der Waals surface area (Å²) in [7, 11) is 0. The number of hydrogen-bond donors (Lipinski definition) is 1. The van der Waals surface area contributed by atoms with Gasteiger partial charge in [0.2, 0.25) is 0 Å². The molecule has 0 aliphatic carbocycles.